The average molecular weight is 566 g/mol. The summed E-state index contributed by atoms with van der Waals surface area (Å²) in [5.74, 6) is -2.13. The van der Waals surface area contributed by atoms with Gasteiger partial charge in [0.05, 0.1) is 30.1 Å². The summed E-state index contributed by atoms with van der Waals surface area (Å²) in [6, 6.07) is 7.62. The van der Waals surface area contributed by atoms with Gasteiger partial charge in [-0.1, -0.05) is 69.7 Å². The predicted octanol–water partition coefficient (Wildman–Crippen LogP) is 4.11. The Balaban J connectivity index is 1.87. The van der Waals surface area contributed by atoms with Crippen LogP contribution in [-0.2, 0) is 19.1 Å². The first kappa shape index (κ1) is 31.0. The monoisotopic (exact) mass is 565 g/mol. The summed E-state index contributed by atoms with van der Waals surface area (Å²) in [7, 11) is 0. The highest BCUT2D eigenvalue weighted by atomic mass is 16.5. The molecule has 2 bridgehead atoms. The molecule has 224 valence electrons. The Labute approximate surface area is 245 Å². The summed E-state index contributed by atoms with van der Waals surface area (Å²) >= 11 is 0. The molecule has 3 heterocycles. The Morgan fingerprint density at radius 3 is 2.27 bits per heavy atom. The van der Waals surface area contributed by atoms with E-state index < -0.39 is 35.1 Å². The fraction of sp³-hybridized carbons (Fsp3) is 0.606. The minimum absolute atomic E-state index is 0.115. The fourth-order valence-corrected chi connectivity index (χ4v) is 7.56. The molecule has 3 saturated heterocycles. The largest absolute Gasteiger partial charge is 0.394 e. The van der Waals surface area contributed by atoms with E-state index in [0.29, 0.717) is 45.4 Å². The van der Waals surface area contributed by atoms with E-state index >= 15 is 0 Å². The molecule has 0 saturated carbocycles. The average Bonchev–Trinajstić information content (AvgIpc) is 3.59. The molecule has 3 fully saturated rings. The molecule has 1 N–H and O–H groups in total. The van der Waals surface area contributed by atoms with Gasteiger partial charge in [0.2, 0.25) is 17.7 Å². The van der Waals surface area contributed by atoms with Gasteiger partial charge in [-0.25, -0.2) is 0 Å². The van der Waals surface area contributed by atoms with Crippen molar-refractivity contribution in [3.8, 4) is 0 Å². The molecule has 0 radical (unpaired) electrons. The molecular formula is C33H47N3O5. The van der Waals surface area contributed by atoms with Crippen LogP contribution in [-0.4, -0.2) is 87.6 Å². The fourth-order valence-electron chi connectivity index (χ4n) is 7.56. The summed E-state index contributed by atoms with van der Waals surface area (Å²) in [6.07, 6.45) is 7.59. The van der Waals surface area contributed by atoms with E-state index in [0.717, 1.165) is 24.8 Å². The van der Waals surface area contributed by atoms with Crippen LogP contribution < -0.4 is 0 Å². The van der Waals surface area contributed by atoms with Crippen molar-refractivity contribution in [3.05, 3.63) is 61.2 Å². The number of amides is 3. The Morgan fingerprint density at radius 2 is 1.71 bits per heavy atom. The topological polar surface area (TPSA) is 90.4 Å². The van der Waals surface area contributed by atoms with Crippen molar-refractivity contribution in [2.24, 2.45) is 11.8 Å². The van der Waals surface area contributed by atoms with Gasteiger partial charge >= 0.3 is 0 Å². The van der Waals surface area contributed by atoms with Crippen molar-refractivity contribution in [1.29, 1.82) is 0 Å². The van der Waals surface area contributed by atoms with Gasteiger partial charge in [-0.2, -0.15) is 0 Å². The number of fused-ring (bicyclic) bond motifs is 1. The number of unbranched alkanes of at least 4 members (excludes halogenated alkanes) is 1. The third-order valence-electron chi connectivity index (χ3n) is 9.41. The van der Waals surface area contributed by atoms with Gasteiger partial charge in [0.15, 0.2) is 0 Å². The van der Waals surface area contributed by atoms with Gasteiger partial charge in [0, 0.05) is 26.2 Å². The van der Waals surface area contributed by atoms with Gasteiger partial charge in [-0.3, -0.25) is 14.4 Å². The Kier molecular flexibility index (Phi) is 9.75. The molecule has 41 heavy (non-hydrogen) atoms. The van der Waals surface area contributed by atoms with Crippen molar-refractivity contribution in [2.75, 3.05) is 32.8 Å². The zero-order valence-corrected chi connectivity index (χ0v) is 25.0. The van der Waals surface area contributed by atoms with E-state index in [-0.39, 0.29) is 24.3 Å². The summed E-state index contributed by atoms with van der Waals surface area (Å²) in [4.78, 5) is 48.7. The van der Waals surface area contributed by atoms with E-state index in [4.69, 9.17) is 4.74 Å². The van der Waals surface area contributed by atoms with Crippen LogP contribution in [0, 0.1) is 11.8 Å². The van der Waals surface area contributed by atoms with Crippen molar-refractivity contribution < 1.29 is 24.2 Å². The van der Waals surface area contributed by atoms with Crippen LogP contribution in [0.25, 0.3) is 0 Å². The summed E-state index contributed by atoms with van der Waals surface area (Å²) in [6.45, 7) is 15.3. The number of nitrogens with zero attached hydrogens (tertiary/aromatic N) is 3. The first-order chi connectivity index (χ1) is 19.8. The quantitative estimate of drug-likeness (QED) is 0.323. The van der Waals surface area contributed by atoms with E-state index in [9.17, 15) is 19.5 Å². The molecule has 1 aromatic carbocycles. The highest BCUT2D eigenvalue weighted by Gasteiger charge is 2.79. The summed E-state index contributed by atoms with van der Waals surface area (Å²) in [5.41, 5.74) is -1.23. The molecule has 1 aromatic rings. The maximum atomic E-state index is 14.7. The predicted molar refractivity (Wildman–Crippen MR) is 159 cm³/mol. The molecule has 0 aliphatic carbocycles. The van der Waals surface area contributed by atoms with Crippen LogP contribution >= 0.6 is 0 Å². The second-order valence-electron chi connectivity index (χ2n) is 11.7. The third kappa shape index (κ3) is 5.14. The van der Waals surface area contributed by atoms with Crippen molar-refractivity contribution in [2.45, 2.75) is 82.6 Å². The molecular weight excluding hydrogens is 518 g/mol. The van der Waals surface area contributed by atoms with Gasteiger partial charge in [-0.15, -0.1) is 13.2 Å². The second-order valence-corrected chi connectivity index (χ2v) is 11.7. The standard InChI is InChI=1S/C33H47N3O5/c1-6-11-22-35(21-9-4)31(40)28-33-18-17-32(10-5,41-33)26(29(38)34(19-7-2)20-8-3)27(33)30(39)36(28)25(23-37)24-15-13-12-14-16-24/h7,9,12-16,25-28,37H,2,4,6,8,10-11,17-23H2,1,3,5H3/t25-,26+,27+,28?,32-,33?/m1/s1. The zero-order chi connectivity index (χ0) is 29.8. The lowest BCUT2D eigenvalue weighted by molar-refractivity contribution is -0.158. The van der Waals surface area contributed by atoms with E-state index in [1.807, 2.05) is 44.2 Å². The van der Waals surface area contributed by atoms with Crippen molar-refractivity contribution in [3.63, 3.8) is 0 Å². The first-order valence-corrected chi connectivity index (χ1v) is 15.3. The van der Waals surface area contributed by atoms with Gasteiger partial charge in [0.1, 0.15) is 11.6 Å². The second kappa shape index (κ2) is 12.9. The Morgan fingerprint density at radius 1 is 1.05 bits per heavy atom. The Bertz CT molecular complexity index is 1130. The lowest BCUT2D eigenvalue weighted by atomic mass is 9.64. The molecule has 3 aliphatic heterocycles. The number of hydrogen-bond acceptors (Lipinski definition) is 5. The highest BCUT2D eigenvalue weighted by Crippen LogP contribution is 2.65. The molecule has 6 atom stereocenters. The summed E-state index contributed by atoms with van der Waals surface area (Å²) < 4.78 is 6.97. The first-order valence-electron chi connectivity index (χ1n) is 15.3. The van der Waals surface area contributed by atoms with Crippen LogP contribution in [0.2, 0.25) is 0 Å². The number of rotatable bonds is 15. The minimum Gasteiger partial charge on any atom is -0.394 e. The van der Waals surface area contributed by atoms with Crippen LogP contribution in [0.15, 0.2) is 55.6 Å². The smallest absolute Gasteiger partial charge is 0.248 e. The number of aliphatic hydroxyl groups excluding tert-OH is 1. The lowest BCUT2D eigenvalue weighted by Gasteiger charge is -2.39. The lowest BCUT2D eigenvalue weighted by Crippen LogP contribution is -2.57. The molecule has 3 amide bonds. The number of ether oxygens (including phenoxy) is 1. The van der Waals surface area contributed by atoms with Crippen LogP contribution in [0.5, 0.6) is 0 Å². The van der Waals surface area contributed by atoms with Crippen LogP contribution in [0.4, 0.5) is 0 Å². The molecule has 8 heteroatoms. The molecule has 4 rings (SSSR count). The minimum atomic E-state index is -1.15. The molecule has 3 aliphatic rings. The maximum absolute atomic E-state index is 14.7. The number of carbonyl (C=O) groups is 3. The van der Waals surface area contributed by atoms with E-state index in [1.165, 1.54) is 0 Å². The summed E-state index contributed by atoms with van der Waals surface area (Å²) in [5, 5.41) is 10.7. The highest BCUT2D eigenvalue weighted by molar-refractivity contribution is 5.99. The van der Waals surface area contributed by atoms with Crippen molar-refractivity contribution in [1.82, 2.24) is 14.7 Å². The molecule has 2 unspecified atom stereocenters. The van der Waals surface area contributed by atoms with E-state index in [2.05, 4.69) is 20.1 Å². The number of likely N-dealkylation sites (tertiary alicyclic amines) is 1. The molecule has 0 aromatic heterocycles. The normalized spacial score (nSPS) is 28.8. The zero-order valence-electron chi connectivity index (χ0n) is 25.0. The van der Waals surface area contributed by atoms with Gasteiger partial charge in [0.25, 0.3) is 0 Å². The number of hydrogen-bond donors (Lipinski definition) is 1. The third-order valence-corrected chi connectivity index (χ3v) is 9.41. The number of benzene rings is 1. The number of carbonyl (C=O) groups excluding carboxylic acids is 3. The van der Waals surface area contributed by atoms with Crippen molar-refractivity contribution >= 4 is 17.7 Å². The van der Waals surface area contributed by atoms with E-state index in [1.54, 1.807) is 26.9 Å². The van der Waals surface area contributed by atoms with Gasteiger partial charge < -0.3 is 24.5 Å². The number of aliphatic hydroxyl groups is 1. The van der Waals surface area contributed by atoms with Crippen LogP contribution in [0.3, 0.4) is 0 Å². The van der Waals surface area contributed by atoms with Crippen LogP contribution in [0.1, 0.15) is 70.9 Å². The Hall–Kier alpha value is -2.97. The molecule has 1 spiro atoms. The molecule has 8 nitrogen and oxygen atoms in total. The maximum Gasteiger partial charge on any atom is 0.248 e. The SMILES string of the molecule is C=CCN(CCCC)C(=O)C1N([C@H](CO)c2ccccc2)C(=O)[C@@H]2[C@@H](C(=O)N(CC=C)CCC)[C@@]3(CC)CCC12O3. The van der Waals surface area contributed by atoms with Gasteiger partial charge in [-0.05, 0) is 37.7 Å².